The third-order valence-electron chi connectivity index (χ3n) is 2.87. The van der Waals surface area contributed by atoms with Crippen LogP contribution in [0.3, 0.4) is 0 Å². The molecule has 0 aliphatic rings. The molecule has 3 nitrogen and oxygen atoms in total. The maximum atomic E-state index is 5.97. The Morgan fingerprint density at radius 2 is 2.00 bits per heavy atom. The van der Waals surface area contributed by atoms with Gasteiger partial charge in [0.2, 0.25) is 5.89 Å². The molecule has 3 aromatic rings. The average molecular weight is 317 g/mol. The van der Waals surface area contributed by atoms with Crippen molar-refractivity contribution in [3.05, 3.63) is 65.5 Å². The average Bonchev–Trinajstić information content (AvgIpc) is 2.94. The lowest BCUT2D eigenvalue weighted by Crippen LogP contribution is -1.85. The summed E-state index contributed by atoms with van der Waals surface area (Å²) >= 11 is 7.64. The molecule has 0 aliphatic heterocycles. The maximum absolute atomic E-state index is 5.97. The summed E-state index contributed by atoms with van der Waals surface area (Å²) in [5.74, 6) is 1.31. The molecule has 0 radical (unpaired) electrons. The standard InChI is InChI=1S/C16H13ClN2OS/c17-12-4-1-3-11(7-12)16-19-14(9-20-16)10-21-15-6-2-5-13(18)8-15/h1-9H,10,18H2. The minimum absolute atomic E-state index is 0.584. The molecule has 0 spiro atoms. The SMILES string of the molecule is Nc1cccc(SCc2coc(-c3cccc(Cl)c3)n2)c1. The molecule has 3 rings (SSSR count). The van der Waals surface area contributed by atoms with E-state index in [0.717, 1.165) is 27.6 Å². The first kappa shape index (κ1) is 14.0. The molecular weight excluding hydrogens is 304 g/mol. The third-order valence-corrected chi connectivity index (χ3v) is 4.13. The van der Waals surface area contributed by atoms with Gasteiger partial charge in [-0.25, -0.2) is 4.98 Å². The number of halogens is 1. The zero-order chi connectivity index (χ0) is 14.7. The van der Waals surface area contributed by atoms with Gasteiger partial charge in [-0.1, -0.05) is 23.7 Å². The van der Waals surface area contributed by atoms with Crippen molar-refractivity contribution in [2.24, 2.45) is 0 Å². The topological polar surface area (TPSA) is 52.0 Å². The molecule has 1 heterocycles. The zero-order valence-electron chi connectivity index (χ0n) is 11.1. The van der Waals surface area contributed by atoms with Gasteiger partial charge in [0.1, 0.15) is 6.26 Å². The Bertz CT molecular complexity index is 757. The lowest BCUT2D eigenvalue weighted by Gasteiger charge is -2.00. The number of hydrogen-bond donors (Lipinski definition) is 1. The van der Waals surface area contributed by atoms with Gasteiger partial charge >= 0.3 is 0 Å². The van der Waals surface area contributed by atoms with Crippen molar-refractivity contribution >= 4 is 29.1 Å². The molecule has 0 saturated carbocycles. The van der Waals surface area contributed by atoms with Crippen LogP contribution < -0.4 is 5.73 Å². The van der Waals surface area contributed by atoms with E-state index in [1.54, 1.807) is 18.0 Å². The highest BCUT2D eigenvalue weighted by molar-refractivity contribution is 7.98. The lowest BCUT2D eigenvalue weighted by atomic mass is 10.2. The first-order valence-corrected chi connectivity index (χ1v) is 7.76. The molecule has 0 saturated heterocycles. The largest absolute Gasteiger partial charge is 0.444 e. The van der Waals surface area contributed by atoms with Crippen molar-refractivity contribution in [1.29, 1.82) is 0 Å². The first-order chi connectivity index (χ1) is 10.2. The molecule has 21 heavy (non-hydrogen) atoms. The quantitative estimate of drug-likeness (QED) is 0.551. The number of anilines is 1. The zero-order valence-corrected chi connectivity index (χ0v) is 12.7. The summed E-state index contributed by atoms with van der Waals surface area (Å²) in [6, 6.07) is 15.2. The lowest BCUT2D eigenvalue weighted by molar-refractivity contribution is 0.573. The highest BCUT2D eigenvalue weighted by Gasteiger charge is 2.07. The summed E-state index contributed by atoms with van der Waals surface area (Å²) in [5.41, 5.74) is 8.29. The summed E-state index contributed by atoms with van der Waals surface area (Å²) in [4.78, 5) is 5.59. The predicted molar refractivity (Wildman–Crippen MR) is 87.4 cm³/mol. The highest BCUT2D eigenvalue weighted by Crippen LogP contribution is 2.26. The molecule has 5 heteroatoms. The van der Waals surface area contributed by atoms with Crippen LogP contribution in [0.15, 0.2) is 64.1 Å². The minimum atomic E-state index is 0.584. The normalized spacial score (nSPS) is 10.7. The molecular formula is C16H13ClN2OS. The van der Waals surface area contributed by atoms with E-state index in [1.165, 1.54) is 0 Å². The monoisotopic (exact) mass is 316 g/mol. The van der Waals surface area contributed by atoms with Crippen LogP contribution >= 0.6 is 23.4 Å². The van der Waals surface area contributed by atoms with Gasteiger partial charge in [-0.15, -0.1) is 11.8 Å². The molecule has 0 unspecified atom stereocenters. The molecule has 0 amide bonds. The highest BCUT2D eigenvalue weighted by atomic mass is 35.5. The fourth-order valence-electron chi connectivity index (χ4n) is 1.89. The van der Waals surface area contributed by atoms with Crippen molar-refractivity contribution in [2.45, 2.75) is 10.6 Å². The van der Waals surface area contributed by atoms with E-state index in [4.69, 9.17) is 21.8 Å². The van der Waals surface area contributed by atoms with E-state index < -0.39 is 0 Å². The Morgan fingerprint density at radius 3 is 2.81 bits per heavy atom. The van der Waals surface area contributed by atoms with Gasteiger partial charge in [0, 0.05) is 26.9 Å². The third kappa shape index (κ3) is 3.60. The van der Waals surface area contributed by atoms with Crippen LogP contribution in [0.1, 0.15) is 5.69 Å². The Kier molecular flexibility index (Phi) is 4.18. The second-order valence-corrected chi connectivity index (χ2v) is 6.00. The smallest absolute Gasteiger partial charge is 0.226 e. The van der Waals surface area contributed by atoms with Crippen LogP contribution in [0.4, 0.5) is 5.69 Å². The van der Waals surface area contributed by atoms with Gasteiger partial charge in [-0.05, 0) is 36.4 Å². The number of rotatable bonds is 4. The summed E-state index contributed by atoms with van der Waals surface area (Å²) < 4.78 is 5.51. The molecule has 2 aromatic carbocycles. The van der Waals surface area contributed by atoms with Crippen molar-refractivity contribution in [3.63, 3.8) is 0 Å². The van der Waals surface area contributed by atoms with E-state index in [2.05, 4.69) is 4.98 Å². The molecule has 1 aromatic heterocycles. The predicted octanol–water partition coefficient (Wildman–Crippen LogP) is 4.87. The molecule has 0 atom stereocenters. The number of nitrogens with two attached hydrogens (primary N) is 1. The van der Waals surface area contributed by atoms with Gasteiger partial charge in [0.15, 0.2) is 0 Å². The van der Waals surface area contributed by atoms with E-state index in [1.807, 2.05) is 48.5 Å². The summed E-state index contributed by atoms with van der Waals surface area (Å²) in [7, 11) is 0. The number of thioether (sulfide) groups is 1. The second-order valence-electron chi connectivity index (χ2n) is 4.52. The minimum Gasteiger partial charge on any atom is -0.444 e. The van der Waals surface area contributed by atoms with Gasteiger partial charge < -0.3 is 10.2 Å². The molecule has 0 fully saturated rings. The van der Waals surface area contributed by atoms with Gasteiger partial charge in [-0.3, -0.25) is 0 Å². The Labute approximate surface area is 132 Å². The first-order valence-electron chi connectivity index (χ1n) is 6.39. The molecule has 2 N–H and O–H groups in total. The van der Waals surface area contributed by atoms with Crippen LogP contribution in [0.25, 0.3) is 11.5 Å². The van der Waals surface area contributed by atoms with Gasteiger partial charge in [0.05, 0.1) is 5.69 Å². The molecule has 106 valence electrons. The molecule has 0 aliphatic carbocycles. The van der Waals surface area contributed by atoms with Crippen LogP contribution in [0, 0.1) is 0 Å². The summed E-state index contributed by atoms with van der Waals surface area (Å²) in [6.45, 7) is 0. The number of benzene rings is 2. The Balaban J connectivity index is 1.71. The number of nitrogen functional groups attached to an aromatic ring is 1. The Morgan fingerprint density at radius 1 is 1.14 bits per heavy atom. The van der Waals surface area contributed by atoms with E-state index >= 15 is 0 Å². The second kappa shape index (κ2) is 6.24. The summed E-state index contributed by atoms with van der Waals surface area (Å²) in [5, 5.41) is 0.668. The van der Waals surface area contributed by atoms with Gasteiger partial charge in [-0.2, -0.15) is 0 Å². The van der Waals surface area contributed by atoms with E-state index in [-0.39, 0.29) is 0 Å². The Hall–Kier alpha value is -1.91. The fourth-order valence-corrected chi connectivity index (χ4v) is 2.92. The maximum Gasteiger partial charge on any atom is 0.226 e. The van der Waals surface area contributed by atoms with Crippen molar-refractivity contribution in [2.75, 3.05) is 5.73 Å². The van der Waals surface area contributed by atoms with E-state index in [0.29, 0.717) is 10.9 Å². The van der Waals surface area contributed by atoms with Gasteiger partial charge in [0.25, 0.3) is 0 Å². The van der Waals surface area contributed by atoms with Crippen LogP contribution in [0.5, 0.6) is 0 Å². The van der Waals surface area contributed by atoms with Crippen molar-refractivity contribution in [1.82, 2.24) is 4.98 Å². The fraction of sp³-hybridized carbons (Fsp3) is 0.0625. The number of aromatic nitrogens is 1. The van der Waals surface area contributed by atoms with Crippen LogP contribution in [-0.4, -0.2) is 4.98 Å². The van der Waals surface area contributed by atoms with Crippen LogP contribution in [0.2, 0.25) is 5.02 Å². The van der Waals surface area contributed by atoms with E-state index in [9.17, 15) is 0 Å². The van der Waals surface area contributed by atoms with Crippen molar-refractivity contribution in [3.8, 4) is 11.5 Å². The number of oxazole rings is 1. The summed E-state index contributed by atoms with van der Waals surface area (Å²) in [6.07, 6.45) is 1.68. The van der Waals surface area contributed by atoms with Crippen molar-refractivity contribution < 1.29 is 4.42 Å². The number of hydrogen-bond acceptors (Lipinski definition) is 4. The van der Waals surface area contributed by atoms with Crippen LogP contribution in [-0.2, 0) is 5.75 Å². The molecule has 0 bridgehead atoms. The number of nitrogens with zero attached hydrogens (tertiary/aromatic N) is 1.